The molecule has 3 aliphatic rings. The van der Waals surface area contributed by atoms with E-state index in [2.05, 4.69) is 5.32 Å². The molecule has 2 aromatic carbocycles. The van der Waals surface area contributed by atoms with Crippen molar-refractivity contribution in [2.45, 2.75) is 51.6 Å². The van der Waals surface area contributed by atoms with Crippen LogP contribution in [0.25, 0.3) is 0 Å². The van der Waals surface area contributed by atoms with Gasteiger partial charge in [-0.2, -0.15) is 0 Å². The van der Waals surface area contributed by atoms with Crippen LogP contribution in [0, 0.1) is 28.9 Å². The molecule has 7 heteroatoms. The van der Waals surface area contributed by atoms with Crippen LogP contribution in [0.5, 0.6) is 0 Å². The first-order chi connectivity index (χ1) is 16.3. The van der Waals surface area contributed by atoms with E-state index in [9.17, 15) is 18.4 Å². The van der Waals surface area contributed by atoms with Crippen LogP contribution >= 0.6 is 0 Å². The summed E-state index contributed by atoms with van der Waals surface area (Å²) in [4.78, 5) is 33.0. The maximum Gasteiger partial charge on any atom is 0.272 e. The molecule has 2 aromatic rings. The number of carbonyl (C=O) groups is 2. The number of anilines is 1. The highest BCUT2D eigenvalue weighted by atomic mass is 19.2. The molecule has 2 saturated carbocycles. The second-order valence-electron chi connectivity index (χ2n) is 10.1. The molecule has 2 fully saturated rings. The van der Waals surface area contributed by atoms with Crippen molar-refractivity contribution in [3.05, 3.63) is 65.2 Å². The van der Waals surface area contributed by atoms with E-state index in [1.54, 1.807) is 18.9 Å². The lowest BCUT2D eigenvalue weighted by molar-refractivity contribution is -0.129. The van der Waals surface area contributed by atoms with E-state index in [4.69, 9.17) is 4.99 Å². The second-order valence-corrected chi connectivity index (χ2v) is 10.1. The number of nitrogens with zero attached hydrogens (tertiary/aromatic N) is 2. The number of likely N-dealkylation sites (N-methyl/N-ethyl adjacent to an activating group) is 1. The third kappa shape index (κ3) is 3.91. The summed E-state index contributed by atoms with van der Waals surface area (Å²) < 4.78 is 26.8. The average Bonchev–Trinajstić information content (AvgIpc) is 3.42. The van der Waals surface area contributed by atoms with Gasteiger partial charge in [0.1, 0.15) is 0 Å². The number of amides is 2. The number of nitrogens with one attached hydrogen (secondary N) is 1. The lowest BCUT2D eigenvalue weighted by Crippen LogP contribution is -2.48. The van der Waals surface area contributed by atoms with Crippen molar-refractivity contribution in [2.75, 3.05) is 11.9 Å². The number of aliphatic imine (C=N–C) groups is 1. The van der Waals surface area contributed by atoms with Gasteiger partial charge in [-0.15, -0.1) is 0 Å². The smallest absolute Gasteiger partial charge is 0.272 e. The van der Waals surface area contributed by atoms with Crippen LogP contribution in [0.4, 0.5) is 14.5 Å². The first-order valence-corrected chi connectivity index (χ1v) is 12.0. The van der Waals surface area contributed by atoms with Crippen LogP contribution in [0.3, 0.4) is 0 Å². The van der Waals surface area contributed by atoms with Crippen molar-refractivity contribution in [1.29, 1.82) is 0 Å². The Labute approximate surface area is 198 Å². The first-order valence-electron chi connectivity index (χ1n) is 12.0. The largest absolute Gasteiger partial charge is 0.326 e. The van der Waals surface area contributed by atoms with Gasteiger partial charge < -0.3 is 10.2 Å². The van der Waals surface area contributed by atoms with E-state index in [0.29, 0.717) is 11.5 Å². The van der Waals surface area contributed by atoms with Crippen LogP contribution in [-0.2, 0) is 16.0 Å². The summed E-state index contributed by atoms with van der Waals surface area (Å²) in [5, 5.41) is 2.84. The summed E-state index contributed by atoms with van der Waals surface area (Å²) >= 11 is 0. The Morgan fingerprint density at radius 2 is 1.91 bits per heavy atom. The molecular formula is C27H29F2N3O2. The van der Waals surface area contributed by atoms with E-state index in [1.165, 1.54) is 18.9 Å². The SMILES string of the molecule is C[C@@H](Cc1ccc(F)c(F)c1)C(=O)NC1N=C(C23CCC(CC2)C3)c2ccccc2N(C)C1=O. The van der Waals surface area contributed by atoms with E-state index >= 15 is 0 Å². The predicted octanol–water partition coefficient (Wildman–Crippen LogP) is 4.63. The third-order valence-electron chi connectivity index (χ3n) is 7.84. The Bertz CT molecular complexity index is 1170. The highest BCUT2D eigenvalue weighted by molar-refractivity contribution is 6.15. The minimum Gasteiger partial charge on any atom is -0.326 e. The summed E-state index contributed by atoms with van der Waals surface area (Å²) in [6.45, 7) is 1.71. The maximum absolute atomic E-state index is 13.6. The quantitative estimate of drug-likeness (QED) is 0.700. The zero-order valence-electron chi connectivity index (χ0n) is 19.5. The molecule has 2 bridgehead atoms. The number of halogens is 2. The fourth-order valence-corrected chi connectivity index (χ4v) is 5.95. The van der Waals surface area contributed by atoms with Gasteiger partial charge in [-0.3, -0.25) is 14.6 Å². The lowest BCUT2D eigenvalue weighted by atomic mass is 9.76. The molecule has 0 spiro atoms. The van der Waals surface area contributed by atoms with Crippen LogP contribution in [0.15, 0.2) is 47.5 Å². The fourth-order valence-electron chi connectivity index (χ4n) is 5.95. The lowest BCUT2D eigenvalue weighted by Gasteiger charge is -2.30. The topological polar surface area (TPSA) is 61.8 Å². The molecule has 2 amide bonds. The summed E-state index contributed by atoms with van der Waals surface area (Å²) in [6, 6.07) is 11.5. The van der Waals surface area contributed by atoms with Crippen molar-refractivity contribution < 1.29 is 18.4 Å². The highest BCUT2D eigenvalue weighted by Crippen LogP contribution is 2.56. The molecule has 1 aliphatic heterocycles. The number of carbonyl (C=O) groups excluding carboxylic acids is 2. The van der Waals surface area contributed by atoms with Crippen molar-refractivity contribution in [3.63, 3.8) is 0 Å². The van der Waals surface area contributed by atoms with Crippen LogP contribution in [0.2, 0.25) is 0 Å². The molecule has 0 radical (unpaired) electrons. The van der Waals surface area contributed by atoms with Crippen molar-refractivity contribution in [3.8, 4) is 0 Å². The van der Waals surface area contributed by atoms with Gasteiger partial charge in [0.05, 0.1) is 11.4 Å². The van der Waals surface area contributed by atoms with Crippen molar-refractivity contribution in [2.24, 2.45) is 22.2 Å². The summed E-state index contributed by atoms with van der Waals surface area (Å²) in [5.74, 6) is -2.35. The Balaban J connectivity index is 1.43. The Kier molecular flexibility index (Phi) is 5.74. The predicted molar refractivity (Wildman–Crippen MR) is 127 cm³/mol. The molecule has 5 nitrogen and oxygen atoms in total. The van der Waals surface area contributed by atoms with E-state index in [-0.39, 0.29) is 23.7 Å². The van der Waals surface area contributed by atoms with Gasteiger partial charge in [0.2, 0.25) is 12.1 Å². The molecule has 2 atom stereocenters. The monoisotopic (exact) mass is 465 g/mol. The fraction of sp³-hybridized carbons (Fsp3) is 0.444. The first kappa shape index (κ1) is 22.7. The molecule has 1 heterocycles. The van der Waals surface area contributed by atoms with Gasteiger partial charge in [0.15, 0.2) is 11.6 Å². The number of rotatable bonds is 5. The Morgan fingerprint density at radius 1 is 1.18 bits per heavy atom. The minimum atomic E-state index is -1.03. The number of hydrogen-bond acceptors (Lipinski definition) is 3. The number of benzene rings is 2. The standard InChI is InChI=1S/C27H29F2N3O2/c1-16(13-18-7-8-20(28)21(29)14-18)25(33)31-24-26(34)32(2)22-6-4-3-5-19(22)23(30-24)27-11-9-17(15-27)10-12-27/h3-8,14,16-17,24H,9-13,15H2,1-2H3,(H,31,33)/t16-,17?,24?,27?/m0/s1. The maximum atomic E-state index is 13.6. The highest BCUT2D eigenvalue weighted by Gasteiger charge is 2.50. The summed E-state index contributed by atoms with van der Waals surface area (Å²) in [6.07, 6.45) is 4.72. The molecule has 1 unspecified atom stereocenters. The Hall–Kier alpha value is -3.09. The van der Waals surface area contributed by atoms with Gasteiger partial charge >= 0.3 is 0 Å². The van der Waals surface area contributed by atoms with E-state index < -0.39 is 23.7 Å². The van der Waals surface area contributed by atoms with Crippen molar-refractivity contribution in [1.82, 2.24) is 5.32 Å². The number of para-hydroxylation sites is 1. The average molecular weight is 466 g/mol. The molecule has 1 N–H and O–H groups in total. The minimum absolute atomic E-state index is 0.0491. The van der Waals surface area contributed by atoms with E-state index in [0.717, 1.165) is 48.4 Å². The zero-order valence-corrected chi connectivity index (χ0v) is 19.5. The summed E-state index contributed by atoms with van der Waals surface area (Å²) in [7, 11) is 1.72. The molecule has 5 rings (SSSR count). The number of hydrogen-bond donors (Lipinski definition) is 1. The van der Waals surface area contributed by atoms with Gasteiger partial charge in [-0.25, -0.2) is 8.78 Å². The van der Waals surface area contributed by atoms with Crippen LogP contribution in [-0.4, -0.2) is 30.7 Å². The molecule has 0 saturated heterocycles. The van der Waals surface area contributed by atoms with Crippen molar-refractivity contribution >= 4 is 23.2 Å². The Morgan fingerprint density at radius 3 is 2.59 bits per heavy atom. The van der Waals surface area contributed by atoms with Gasteiger partial charge in [-0.05, 0) is 68.2 Å². The van der Waals surface area contributed by atoms with Gasteiger partial charge in [0.25, 0.3) is 5.91 Å². The van der Waals surface area contributed by atoms with Crippen LogP contribution in [0.1, 0.15) is 50.2 Å². The molecule has 2 aliphatic carbocycles. The van der Waals surface area contributed by atoms with Gasteiger partial charge in [-0.1, -0.05) is 31.2 Å². The molecule has 0 aromatic heterocycles. The second kappa shape index (κ2) is 8.60. The number of fused-ring (bicyclic) bond motifs is 3. The van der Waals surface area contributed by atoms with Gasteiger partial charge in [0, 0.05) is 23.9 Å². The summed E-state index contributed by atoms with van der Waals surface area (Å²) in [5.41, 5.74) is 3.17. The molecule has 34 heavy (non-hydrogen) atoms. The molecule has 178 valence electrons. The zero-order chi connectivity index (χ0) is 24.0. The third-order valence-corrected chi connectivity index (χ3v) is 7.84. The normalized spacial score (nSPS) is 26.6. The van der Waals surface area contributed by atoms with E-state index in [1.807, 2.05) is 24.3 Å². The number of benzodiazepines with no additional fused rings is 1. The molecular weight excluding hydrogens is 436 g/mol. The van der Waals surface area contributed by atoms with Crippen LogP contribution < -0.4 is 10.2 Å².